The third kappa shape index (κ3) is 3.82. The second kappa shape index (κ2) is 6.97. The van der Waals surface area contributed by atoms with Gasteiger partial charge in [0.2, 0.25) is 0 Å². The van der Waals surface area contributed by atoms with E-state index < -0.39 is 0 Å². The molecule has 3 rings (SSSR count). The number of aromatic nitrogens is 1. The van der Waals surface area contributed by atoms with Crippen LogP contribution in [0.2, 0.25) is 0 Å². The highest BCUT2D eigenvalue weighted by atomic mass is 19.1. The molecule has 0 spiro atoms. The van der Waals surface area contributed by atoms with Gasteiger partial charge in [-0.3, -0.25) is 0 Å². The second-order valence-corrected chi connectivity index (χ2v) is 6.21. The normalized spacial score (nSPS) is 11.0. The third-order valence-electron chi connectivity index (χ3n) is 3.81. The Morgan fingerprint density at radius 1 is 1.04 bits per heavy atom. The van der Waals surface area contributed by atoms with Gasteiger partial charge in [0.05, 0.1) is 11.8 Å². The number of halogens is 1. The number of rotatable bonds is 5. The fourth-order valence-electron chi connectivity index (χ4n) is 2.60. The van der Waals surface area contributed by atoms with Crippen LogP contribution < -0.4 is 10.1 Å². The first-order chi connectivity index (χ1) is 11.9. The maximum atomic E-state index is 13.2. The van der Waals surface area contributed by atoms with E-state index in [0.29, 0.717) is 5.76 Å². The summed E-state index contributed by atoms with van der Waals surface area (Å²) in [5.41, 5.74) is 4.31. The Kier molecular flexibility index (Phi) is 4.74. The summed E-state index contributed by atoms with van der Waals surface area (Å²) in [7, 11) is 0. The van der Waals surface area contributed by atoms with E-state index in [1.165, 1.54) is 12.1 Å². The highest BCUT2D eigenvalue weighted by Gasteiger charge is 2.14. The fraction of sp³-hybridized carbons (Fsp3) is 0.250. The molecule has 0 radical (unpaired) electrons. The maximum Gasteiger partial charge on any atom is 0.157 e. The Morgan fingerprint density at radius 2 is 1.72 bits per heavy atom. The van der Waals surface area contributed by atoms with Gasteiger partial charge < -0.3 is 14.6 Å². The zero-order valence-corrected chi connectivity index (χ0v) is 14.8. The minimum atomic E-state index is -0.252. The summed E-state index contributed by atoms with van der Waals surface area (Å²) in [5.74, 6) is 1.19. The van der Waals surface area contributed by atoms with Crippen molar-refractivity contribution in [2.75, 3.05) is 5.32 Å². The van der Waals surface area contributed by atoms with Gasteiger partial charge in [-0.05, 0) is 63.1 Å². The van der Waals surface area contributed by atoms with Crippen molar-refractivity contribution in [2.45, 2.75) is 33.8 Å². The summed E-state index contributed by atoms with van der Waals surface area (Å²) >= 11 is 0. The van der Waals surface area contributed by atoms with Crippen LogP contribution in [0.4, 0.5) is 15.8 Å². The first-order valence-corrected chi connectivity index (χ1v) is 8.20. The summed E-state index contributed by atoms with van der Waals surface area (Å²) in [5, 5.41) is 7.33. The minimum absolute atomic E-state index is 0.0434. The molecule has 5 heteroatoms. The van der Waals surface area contributed by atoms with Crippen LogP contribution in [-0.2, 0) is 0 Å². The van der Waals surface area contributed by atoms with Crippen LogP contribution in [0.5, 0.6) is 5.75 Å². The fourth-order valence-corrected chi connectivity index (χ4v) is 2.60. The van der Waals surface area contributed by atoms with Gasteiger partial charge in [0, 0.05) is 0 Å². The lowest BCUT2D eigenvalue weighted by molar-refractivity contribution is 0.244. The van der Waals surface area contributed by atoms with E-state index in [1.807, 2.05) is 45.9 Å². The van der Waals surface area contributed by atoms with Crippen molar-refractivity contribution >= 4 is 11.4 Å². The average molecular weight is 340 g/mol. The average Bonchev–Trinajstić information content (AvgIpc) is 2.88. The number of aryl methyl sites for hydroxylation is 2. The lowest BCUT2D eigenvalue weighted by Crippen LogP contribution is -2.07. The molecule has 0 saturated carbocycles. The number of nitrogens with zero attached hydrogens (tertiary/aromatic N) is 1. The van der Waals surface area contributed by atoms with Crippen LogP contribution in [0.3, 0.4) is 0 Å². The molecule has 3 aromatic rings. The molecule has 4 nitrogen and oxygen atoms in total. The quantitative estimate of drug-likeness (QED) is 0.654. The zero-order valence-electron chi connectivity index (χ0n) is 14.8. The SMILES string of the molecule is Cc1noc(C)c1Nc1cc(-c2ccc(F)cc2)ccc1OC(C)C. The van der Waals surface area contributed by atoms with Gasteiger partial charge in [-0.15, -0.1) is 0 Å². The molecule has 25 heavy (non-hydrogen) atoms. The largest absolute Gasteiger partial charge is 0.489 e. The number of ether oxygens (including phenoxy) is 1. The van der Waals surface area contributed by atoms with Gasteiger partial charge in [0.15, 0.2) is 5.76 Å². The molecule has 0 aliphatic heterocycles. The highest BCUT2D eigenvalue weighted by Crippen LogP contribution is 2.35. The van der Waals surface area contributed by atoms with Gasteiger partial charge in [-0.1, -0.05) is 23.4 Å². The Labute approximate surface area is 146 Å². The van der Waals surface area contributed by atoms with Gasteiger partial charge in [0.1, 0.15) is 22.9 Å². The molecule has 1 N–H and O–H groups in total. The molecule has 0 unspecified atom stereocenters. The summed E-state index contributed by atoms with van der Waals surface area (Å²) in [4.78, 5) is 0. The van der Waals surface area contributed by atoms with Crippen LogP contribution >= 0.6 is 0 Å². The number of hydrogen-bond donors (Lipinski definition) is 1. The van der Waals surface area contributed by atoms with Crippen molar-refractivity contribution in [3.05, 3.63) is 59.7 Å². The van der Waals surface area contributed by atoms with Gasteiger partial charge in [0.25, 0.3) is 0 Å². The third-order valence-corrected chi connectivity index (χ3v) is 3.81. The molecule has 2 aromatic carbocycles. The monoisotopic (exact) mass is 340 g/mol. The molecule has 130 valence electrons. The molecule has 0 aliphatic carbocycles. The van der Waals surface area contributed by atoms with Gasteiger partial charge in [-0.2, -0.15) is 0 Å². The molecule has 1 heterocycles. The molecular weight excluding hydrogens is 319 g/mol. The van der Waals surface area contributed by atoms with Crippen LogP contribution in [0.15, 0.2) is 47.0 Å². The van der Waals surface area contributed by atoms with Gasteiger partial charge >= 0.3 is 0 Å². The predicted octanol–water partition coefficient (Wildman–Crippen LogP) is 5.63. The van der Waals surface area contributed by atoms with Crippen LogP contribution in [0, 0.1) is 19.7 Å². The van der Waals surface area contributed by atoms with E-state index in [-0.39, 0.29) is 11.9 Å². The number of hydrogen-bond acceptors (Lipinski definition) is 4. The van der Waals surface area contributed by atoms with E-state index in [2.05, 4.69) is 10.5 Å². The maximum absolute atomic E-state index is 13.2. The predicted molar refractivity (Wildman–Crippen MR) is 96.9 cm³/mol. The Hall–Kier alpha value is -2.82. The molecule has 0 atom stereocenters. The standard InChI is InChI=1S/C20H21FN2O2/c1-12(2)24-19-10-7-16(15-5-8-17(21)9-6-15)11-18(19)22-20-13(3)23-25-14(20)4/h5-12,22H,1-4H3. The van der Waals surface area contributed by atoms with E-state index >= 15 is 0 Å². The first-order valence-electron chi connectivity index (χ1n) is 8.20. The number of anilines is 2. The lowest BCUT2D eigenvalue weighted by Gasteiger charge is -2.17. The second-order valence-electron chi connectivity index (χ2n) is 6.21. The molecule has 0 aliphatic rings. The van der Waals surface area contributed by atoms with Gasteiger partial charge in [-0.25, -0.2) is 4.39 Å². The molecule has 0 fully saturated rings. The Bertz CT molecular complexity index is 850. The molecule has 1 aromatic heterocycles. The molecular formula is C20H21FN2O2. The van der Waals surface area contributed by atoms with Crippen molar-refractivity contribution in [3.8, 4) is 16.9 Å². The molecule has 0 saturated heterocycles. The summed E-state index contributed by atoms with van der Waals surface area (Å²) in [6.45, 7) is 7.70. The van der Waals surface area contributed by atoms with Crippen molar-refractivity contribution in [1.82, 2.24) is 5.16 Å². The minimum Gasteiger partial charge on any atom is -0.489 e. The van der Waals surface area contributed by atoms with Crippen LogP contribution in [0.1, 0.15) is 25.3 Å². The summed E-state index contributed by atoms with van der Waals surface area (Å²) in [6.07, 6.45) is 0.0434. The van der Waals surface area contributed by atoms with E-state index in [9.17, 15) is 4.39 Å². The first kappa shape index (κ1) is 17.0. The Balaban J connectivity index is 2.02. The summed E-state index contributed by atoms with van der Waals surface area (Å²) < 4.78 is 24.3. The Morgan fingerprint density at radius 3 is 2.32 bits per heavy atom. The zero-order chi connectivity index (χ0) is 18.0. The lowest BCUT2D eigenvalue weighted by atomic mass is 10.0. The highest BCUT2D eigenvalue weighted by molar-refractivity contribution is 5.76. The van der Waals surface area contributed by atoms with E-state index in [1.54, 1.807) is 12.1 Å². The van der Waals surface area contributed by atoms with Crippen LogP contribution in [0.25, 0.3) is 11.1 Å². The van der Waals surface area contributed by atoms with E-state index in [4.69, 9.17) is 9.26 Å². The smallest absolute Gasteiger partial charge is 0.157 e. The van der Waals surface area contributed by atoms with E-state index in [0.717, 1.165) is 33.9 Å². The molecule has 0 amide bonds. The number of benzene rings is 2. The van der Waals surface area contributed by atoms with Crippen LogP contribution in [-0.4, -0.2) is 11.3 Å². The van der Waals surface area contributed by atoms with Crippen molar-refractivity contribution < 1.29 is 13.7 Å². The topological polar surface area (TPSA) is 47.3 Å². The van der Waals surface area contributed by atoms with Crippen molar-refractivity contribution in [1.29, 1.82) is 0 Å². The van der Waals surface area contributed by atoms with Crippen molar-refractivity contribution in [2.24, 2.45) is 0 Å². The molecule has 0 bridgehead atoms. The summed E-state index contributed by atoms with van der Waals surface area (Å²) in [6, 6.07) is 12.3. The van der Waals surface area contributed by atoms with Crippen molar-refractivity contribution in [3.63, 3.8) is 0 Å². The number of nitrogens with one attached hydrogen (secondary N) is 1.